The Kier molecular flexibility index (Phi) is 4.43. The SMILES string of the molecule is O=C(O)c1csc(CCNc2cc(F)cc([N+](=O)[O-])c2)n1. The lowest BCUT2D eigenvalue weighted by Gasteiger charge is -2.05. The second-order valence-electron chi connectivity index (χ2n) is 4.06. The number of aromatic nitrogens is 1. The van der Waals surface area contributed by atoms with Gasteiger partial charge in [0.2, 0.25) is 0 Å². The molecule has 0 amide bonds. The number of nitro benzene ring substituents is 1. The predicted molar refractivity (Wildman–Crippen MR) is 74.3 cm³/mol. The first-order valence-corrected chi connectivity index (χ1v) is 6.70. The summed E-state index contributed by atoms with van der Waals surface area (Å²) in [5.41, 5.74) is -0.0620. The second kappa shape index (κ2) is 6.27. The van der Waals surface area contributed by atoms with Crippen LogP contribution in [0.25, 0.3) is 0 Å². The first-order chi connectivity index (χ1) is 9.95. The quantitative estimate of drug-likeness (QED) is 0.627. The lowest BCUT2D eigenvalue weighted by atomic mass is 10.2. The van der Waals surface area contributed by atoms with Gasteiger partial charge in [0.1, 0.15) is 5.82 Å². The van der Waals surface area contributed by atoms with Crippen molar-refractivity contribution >= 4 is 28.7 Å². The van der Waals surface area contributed by atoms with Crippen molar-refractivity contribution in [1.82, 2.24) is 4.98 Å². The minimum absolute atomic E-state index is 0.0172. The van der Waals surface area contributed by atoms with Crippen molar-refractivity contribution in [2.45, 2.75) is 6.42 Å². The van der Waals surface area contributed by atoms with E-state index in [1.165, 1.54) is 22.8 Å². The summed E-state index contributed by atoms with van der Waals surface area (Å²) in [6.07, 6.45) is 0.433. The van der Waals surface area contributed by atoms with E-state index in [0.717, 1.165) is 12.1 Å². The Morgan fingerprint density at radius 2 is 2.24 bits per heavy atom. The van der Waals surface area contributed by atoms with Gasteiger partial charge in [0.15, 0.2) is 5.69 Å². The zero-order valence-electron chi connectivity index (χ0n) is 10.6. The number of benzene rings is 1. The van der Waals surface area contributed by atoms with Crippen molar-refractivity contribution < 1.29 is 19.2 Å². The molecule has 9 heteroatoms. The molecule has 2 rings (SSSR count). The van der Waals surface area contributed by atoms with Crippen LogP contribution in [0, 0.1) is 15.9 Å². The molecule has 110 valence electrons. The van der Waals surface area contributed by atoms with Gasteiger partial charge in [0.05, 0.1) is 16.0 Å². The van der Waals surface area contributed by atoms with Crippen LogP contribution in [0.5, 0.6) is 0 Å². The lowest BCUT2D eigenvalue weighted by molar-refractivity contribution is -0.385. The smallest absolute Gasteiger partial charge is 0.355 e. The number of carboxylic acids is 1. The predicted octanol–water partition coefficient (Wildman–Crippen LogP) is 2.54. The van der Waals surface area contributed by atoms with Crippen LogP contribution in [-0.2, 0) is 6.42 Å². The first kappa shape index (κ1) is 14.9. The first-order valence-electron chi connectivity index (χ1n) is 5.82. The van der Waals surface area contributed by atoms with E-state index < -0.39 is 16.7 Å². The highest BCUT2D eigenvalue weighted by Gasteiger charge is 2.11. The van der Waals surface area contributed by atoms with Gasteiger partial charge in [-0.05, 0) is 6.07 Å². The third kappa shape index (κ3) is 3.96. The van der Waals surface area contributed by atoms with E-state index >= 15 is 0 Å². The van der Waals surface area contributed by atoms with Crippen molar-refractivity contribution in [3.8, 4) is 0 Å². The van der Waals surface area contributed by atoms with Gasteiger partial charge in [-0.3, -0.25) is 10.1 Å². The van der Waals surface area contributed by atoms with Crippen molar-refractivity contribution in [2.75, 3.05) is 11.9 Å². The molecule has 21 heavy (non-hydrogen) atoms. The molecule has 0 fully saturated rings. The number of nitrogens with zero attached hydrogens (tertiary/aromatic N) is 2. The molecule has 0 radical (unpaired) electrons. The normalized spacial score (nSPS) is 10.3. The van der Waals surface area contributed by atoms with E-state index in [2.05, 4.69) is 10.3 Å². The number of nitrogens with one attached hydrogen (secondary N) is 1. The van der Waals surface area contributed by atoms with Gasteiger partial charge in [-0.2, -0.15) is 0 Å². The number of anilines is 1. The fourth-order valence-electron chi connectivity index (χ4n) is 1.62. The number of rotatable bonds is 6. The molecule has 2 aromatic rings. The largest absolute Gasteiger partial charge is 0.476 e. The number of halogens is 1. The number of thiazole rings is 1. The molecular weight excluding hydrogens is 301 g/mol. The van der Waals surface area contributed by atoms with Crippen LogP contribution in [-0.4, -0.2) is 27.5 Å². The average Bonchev–Trinajstić information content (AvgIpc) is 2.87. The Balaban J connectivity index is 1.96. The summed E-state index contributed by atoms with van der Waals surface area (Å²) >= 11 is 1.21. The lowest BCUT2D eigenvalue weighted by Crippen LogP contribution is -2.06. The van der Waals surface area contributed by atoms with Crippen LogP contribution in [0.3, 0.4) is 0 Å². The molecule has 0 aliphatic rings. The van der Waals surface area contributed by atoms with Gasteiger partial charge < -0.3 is 10.4 Å². The van der Waals surface area contributed by atoms with Gasteiger partial charge in [-0.15, -0.1) is 11.3 Å². The zero-order chi connectivity index (χ0) is 15.4. The number of hydrogen-bond donors (Lipinski definition) is 2. The summed E-state index contributed by atoms with van der Waals surface area (Å²) in [4.78, 5) is 24.5. The average molecular weight is 311 g/mol. The Hall–Kier alpha value is -2.55. The fraction of sp³-hybridized carbons (Fsp3) is 0.167. The Morgan fingerprint density at radius 1 is 1.48 bits per heavy atom. The van der Waals surface area contributed by atoms with Gasteiger partial charge in [0.25, 0.3) is 5.69 Å². The molecule has 2 N–H and O–H groups in total. The number of carbonyl (C=O) groups is 1. The molecule has 0 atom stereocenters. The van der Waals surface area contributed by atoms with Crippen LogP contribution in [0.4, 0.5) is 15.8 Å². The van der Waals surface area contributed by atoms with Crippen molar-refractivity contribution in [3.63, 3.8) is 0 Å². The summed E-state index contributed by atoms with van der Waals surface area (Å²) in [7, 11) is 0. The maximum absolute atomic E-state index is 13.2. The number of nitro groups is 1. The maximum Gasteiger partial charge on any atom is 0.355 e. The van der Waals surface area contributed by atoms with Gasteiger partial charge >= 0.3 is 5.97 Å². The van der Waals surface area contributed by atoms with Crippen LogP contribution >= 0.6 is 11.3 Å². The van der Waals surface area contributed by atoms with Crippen LogP contribution in [0.2, 0.25) is 0 Å². The van der Waals surface area contributed by atoms with E-state index in [9.17, 15) is 19.3 Å². The zero-order valence-corrected chi connectivity index (χ0v) is 11.4. The second-order valence-corrected chi connectivity index (χ2v) is 5.01. The third-order valence-electron chi connectivity index (χ3n) is 2.53. The summed E-state index contributed by atoms with van der Waals surface area (Å²) < 4.78 is 13.2. The van der Waals surface area contributed by atoms with E-state index in [1.54, 1.807) is 0 Å². The standard InChI is InChI=1S/C12H10FN3O4S/c13-7-3-8(5-9(4-7)16(19)20)14-2-1-11-15-10(6-21-11)12(17)18/h3-6,14H,1-2H2,(H,17,18). The highest BCUT2D eigenvalue weighted by atomic mass is 32.1. The molecular formula is C12H10FN3O4S. The van der Waals surface area contributed by atoms with Crippen molar-refractivity contribution in [3.05, 3.63) is 50.2 Å². The molecule has 0 saturated heterocycles. The maximum atomic E-state index is 13.2. The van der Waals surface area contributed by atoms with Crippen molar-refractivity contribution in [1.29, 1.82) is 0 Å². The molecule has 0 aliphatic heterocycles. The van der Waals surface area contributed by atoms with E-state index in [0.29, 0.717) is 18.0 Å². The van der Waals surface area contributed by atoms with Crippen LogP contribution in [0.1, 0.15) is 15.5 Å². The summed E-state index contributed by atoms with van der Waals surface area (Å²) in [5, 5.41) is 24.2. The summed E-state index contributed by atoms with van der Waals surface area (Å²) in [6.45, 7) is 0.354. The molecule has 1 aromatic heterocycles. The van der Waals surface area contributed by atoms with Gasteiger partial charge in [-0.1, -0.05) is 0 Å². The molecule has 1 heterocycles. The van der Waals surface area contributed by atoms with Crippen LogP contribution < -0.4 is 5.32 Å². The Morgan fingerprint density at radius 3 is 2.86 bits per heavy atom. The summed E-state index contributed by atoms with van der Waals surface area (Å²) in [6, 6.07) is 3.22. The molecule has 0 spiro atoms. The Labute approximate surface area is 122 Å². The molecule has 0 bridgehead atoms. The molecule has 1 aromatic carbocycles. The van der Waals surface area contributed by atoms with E-state index in [4.69, 9.17) is 5.11 Å². The molecule has 0 saturated carbocycles. The highest BCUT2D eigenvalue weighted by Crippen LogP contribution is 2.20. The van der Waals surface area contributed by atoms with Crippen LogP contribution in [0.15, 0.2) is 23.6 Å². The van der Waals surface area contributed by atoms with E-state index in [1.807, 2.05) is 0 Å². The summed E-state index contributed by atoms with van der Waals surface area (Å²) in [5.74, 6) is -1.79. The number of aromatic carboxylic acids is 1. The molecule has 7 nitrogen and oxygen atoms in total. The Bertz CT molecular complexity index is 689. The number of hydrogen-bond acceptors (Lipinski definition) is 6. The highest BCUT2D eigenvalue weighted by molar-refractivity contribution is 7.09. The minimum Gasteiger partial charge on any atom is -0.476 e. The fourth-order valence-corrected chi connectivity index (χ4v) is 2.39. The monoisotopic (exact) mass is 311 g/mol. The van der Waals surface area contributed by atoms with Gasteiger partial charge in [-0.25, -0.2) is 14.2 Å². The molecule has 0 unspecified atom stereocenters. The molecule has 0 aliphatic carbocycles. The third-order valence-corrected chi connectivity index (χ3v) is 3.44. The van der Waals surface area contributed by atoms with Crippen molar-refractivity contribution in [2.24, 2.45) is 0 Å². The topological polar surface area (TPSA) is 105 Å². The van der Waals surface area contributed by atoms with E-state index in [-0.39, 0.29) is 17.1 Å². The number of carboxylic acid groups (broad SMARTS) is 1. The van der Waals surface area contributed by atoms with Gasteiger partial charge in [0, 0.05) is 30.1 Å². The number of non-ortho nitro benzene ring substituents is 1. The minimum atomic E-state index is -1.09.